The minimum Gasteiger partial charge on any atom is -0.385 e. The highest BCUT2D eigenvalue weighted by Gasteiger charge is 2.25. The molecule has 4 nitrogen and oxygen atoms in total. The van der Waals surface area contributed by atoms with E-state index in [-0.39, 0.29) is 5.91 Å². The molecule has 1 amide bonds. The standard InChI is InChI=1S/C17H27N3O/c1-5-18-16-9-8-13(2)11-15(16)17(21)20(4)12-14-7-6-10-19(14)3/h8-9,11,14,18H,5-7,10,12H2,1-4H3. The van der Waals surface area contributed by atoms with E-state index in [0.717, 1.165) is 36.4 Å². The molecule has 0 saturated carbocycles. The molecule has 0 radical (unpaired) electrons. The second kappa shape index (κ2) is 6.94. The summed E-state index contributed by atoms with van der Waals surface area (Å²) in [5.41, 5.74) is 2.83. The summed E-state index contributed by atoms with van der Waals surface area (Å²) in [5.74, 6) is 0.106. The number of carbonyl (C=O) groups excluding carboxylic acids is 1. The van der Waals surface area contributed by atoms with E-state index in [1.54, 1.807) is 0 Å². The normalized spacial score (nSPS) is 18.8. The number of carbonyl (C=O) groups is 1. The van der Waals surface area contributed by atoms with Gasteiger partial charge in [-0.25, -0.2) is 0 Å². The summed E-state index contributed by atoms with van der Waals surface area (Å²) in [6.07, 6.45) is 2.41. The molecular formula is C17H27N3O. The number of aryl methyl sites for hydroxylation is 1. The lowest BCUT2D eigenvalue weighted by molar-refractivity contribution is 0.0762. The Hall–Kier alpha value is -1.55. The second-order valence-corrected chi connectivity index (χ2v) is 6.04. The minimum absolute atomic E-state index is 0.106. The van der Waals surface area contributed by atoms with Gasteiger partial charge in [-0.2, -0.15) is 0 Å². The number of benzene rings is 1. The molecule has 1 atom stereocenters. The molecule has 1 fully saturated rings. The molecule has 1 N–H and O–H groups in total. The fourth-order valence-electron chi connectivity index (χ4n) is 2.99. The molecule has 1 saturated heterocycles. The van der Waals surface area contributed by atoms with Crippen molar-refractivity contribution in [2.75, 3.05) is 39.0 Å². The van der Waals surface area contributed by atoms with E-state index in [1.165, 1.54) is 12.8 Å². The van der Waals surface area contributed by atoms with Crippen LogP contribution in [0.2, 0.25) is 0 Å². The number of amides is 1. The van der Waals surface area contributed by atoms with Crippen molar-refractivity contribution in [3.8, 4) is 0 Å². The third kappa shape index (κ3) is 3.76. The zero-order chi connectivity index (χ0) is 15.4. The van der Waals surface area contributed by atoms with Gasteiger partial charge in [0.1, 0.15) is 0 Å². The van der Waals surface area contributed by atoms with Crippen LogP contribution in [-0.4, -0.2) is 55.5 Å². The molecule has 0 aromatic heterocycles. The van der Waals surface area contributed by atoms with Crippen LogP contribution in [0.5, 0.6) is 0 Å². The molecule has 1 aromatic carbocycles. The number of nitrogens with one attached hydrogen (secondary N) is 1. The van der Waals surface area contributed by atoms with E-state index < -0.39 is 0 Å². The van der Waals surface area contributed by atoms with Crippen LogP contribution in [0.3, 0.4) is 0 Å². The first-order valence-corrected chi connectivity index (χ1v) is 7.83. The molecule has 1 aromatic rings. The monoisotopic (exact) mass is 289 g/mol. The Morgan fingerprint density at radius 2 is 2.24 bits per heavy atom. The van der Waals surface area contributed by atoms with E-state index in [9.17, 15) is 4.79 Å². The van der Waals surface area contributed by atoms with Gasteiger partial charge in [-0.15, -0.1) is 0 Å². The Bertz CT molecular complexity index is 501. The zero-order valence-electron chi connectivity index (χ0n) is 13.6. The first-order chi connectivity index (χ1) is 10.0. The highest BCUT2D eigenvalue weighted by Crippen LogP contribution is 2.21. The molecule has 116 valence electrons. The highest BCUT2D eigenvalue weighted by molar-refractivity contribution is 5.99. The molecule has 1 aliphatic rings. The summed E-state index contributed by atoms with van der Waals surface area (Å²) < 4.78 is 0. The van der Waals surface area contributed by atoms with Crippen LogP contribution >= 0.6 is 0 Å². The molecule has 4 heteroatoms. The molecule has 2 rings (SSSR count). The van der Waals surface area contributed by atoms with Gasteiger partial charge in [-0.05, 0) is 52.4 Å². The Balaban J connectivity index is 2.12. The summed E-state index contributed by atoms with van der Waals surface area (Å²) in [6.45, 7) is 6.83. The van der Waals surface area contributed by atoms with E-state index in [1.807, 2.05) is 44.0 Å². The van der Waals surface area contributed by atoms with Gasteiger partial charge < -0.3 is 15.1 Å². The summed E-state index contributed by atoms with van der Waals surface area (Å²) >= 11 is 0. The topological polar surface area (TPSA) is 35.6 Å². The van der Waals surface area contributed by atoms with Gasteiger partial charge in [-0.1, -0.05) is 11.6 Å². The van der Waals surface area contributed by atoms with Gasteiger partial charge in [0.05, 0.1) is 5.56 Å². The number of likely N-dealkylation sites (N-methyl/N-ethyl adjacent to an activating group) is 2. The van der Waals surface area contributed by atoms with Gasteiger partial charge in [0.15, 0.2) is 0 Å². The number of likely N-dealkylation sites (tertiary alicyclic amines) is 1. The lowest BCUT2D eigenvalue weighted by atomic mass is 10.1. The van der Waals surface area contributed by atoms with Crippen molar-refractivity contribution in [3.63, 3.8) is 0 Å². The van der Waals surface area contributed by atoms with Gasteiger partial charge in [-0.3, -0.25) is 4.79 Å². The summed E-state index contributed by atoms with van der Waals surface area (Å²) in [5, 5.41) is 3.28. The highest BCUT2D eigenvalue weighted by atomic mass is 16.2. The molecule has 1 unspecified atom stereocenters. The van der Waals surface area contributed by atoms with E-state index in [0.29, 0.717) is 6.04 Å². The van der Waals surface area contributed by atoms with Crippen LogP contribution in [0.1, 0.15) is 35.7 Å². The van der Waals surface area contributed by atoms with Crippen LogP contribution in [0, 0.1) is 6.92 Å². The number of hydrogen-bond donors (Lipinski definition) is 1. The predicted molar refractivity (Wildman–Crippen MR) is 88.0 cm³/mol. The van der Waals surface area contributed by atoms with Gasteiger partial charge in [0, 0.05) is 31.9 Å². The number of rotatable bonds is 5. The SMILES string of the molecule is CCNc1ccc(C)cc1C(=O)N(C)CC1CCCN1C. The fourth-order valence-corrected chi connectivity index (χ4v) is 2.99. The van der Waals surface area contributed by atoms with E-state index in [2.05, 4.69) is 17.3 Å². The lowest BCUT2D eigenvalue weighted by Crippen LogP contribution is -2.39. The van der Waals surface area contributed by atoms with Crippen molar-refractivity contribution in [2.45, 2.75) is 32.7 Å². The van der Waals surface area contributed by atoms with Crippen LogP contribution in [-0.2, 0) is 0 Å². The van der Waals surface area contributed by atoms with Gasteiger partial charge in [0.2, 0.25) is 0 Å². The smallest absolute Gasteiger partial charge is 0.255 e. The lowest BCUT2D eigenvalue weighted by Gasteiger charge is -2.26. The quantitative estimate of drug-likeness (QED) is 0.905. The predicted octanol–water partition coefficient (Wildman–Crippen LogP) is 2.59. The van der Waals surface area contributed by atoms with E-state index >= 15 is 0 Å². The minimum atomic E-state index is 0.106. The Kier molecular flexibility index (Phi) is 5.23. The third-order valence-electron chi connectivity index (χ3n) is 4.28. The van der Waals surface area contributed by atoms with Crippen LogP contribution in [0.4, 0.5) is 5.69 Å². The van der Waals surface area contributed by atoms with Crippen molar-refractivity contribution in [1.82, 2.24) is 9.80 Å². The molecule has 0 spiro atoms. The van der Waals surface area contributed by atoms with Crippen LogP contribution < -0.4 is 5.32 Å². The Labute approximate surface area is 128 Å². The molecule has 0 bridgehead atoms. The maximum Gasteiger partial charge on any atom is 0.255 e. The Morgan fingerprint density at radius 1 is 1.48 bits per heavy atom. The van der Waals surface area contributed by atoms with Crippen molar-refractivity contribution < 1.29 is 4.79 Å². The second-order valence-electron chi connectivity index (χ2n) is 6.04. The molecule has 21 heavy (non-hydrogen) atoms. The fraction of sp³-hybridized carbons (Fsp3) is 0.588. The van der Waals surface area contributed by atoms with Crippen LogP contribution in [0.15, 0.2) is 18.2 Å². The van der Waals surface area contributed by atoms with Gasteiger partial charge in [0.25, 0.3) is 5.91 Å². The van der Waals surface area contributed by atoms with Crippen molar-refractivity contribution in [2.24, 2.45) is 0 Å². The van der Waals surface area contributed by atoms with Crippen LogP contribution in [0.25, 0.3) is 0 Å². The molecular weight excluding hydrogens is 262 g/mol. The number of nitrogens with zero attached hydrogens (tertiary/aromatic N) is 2. The molecule has 1 heterocycles. The average Bonchev–Trinajstić information content (AvgIpc) is 2.85. The largest absolute Gasteiger partial charge is 0.385 e. The first-order valence-electron chi connectivity index (χ1n) is 7.83. The third-order valence-corrected chi connectivity index (χ3v) is 4.28. The summed E-state index contributed by atoms with van der Waals surface area (Å²) in [4.78, 5) is 17.0. The Morgan fingerprint density at radius 3 is 2.86 bits per heavy atom. The molecule has 1 aliphatic heterocycles. The number of anilines is 1. The van der Waals surface area contributed by atoms with Crippen molar-refractivity contribution >= 4 is 11.6 Å². The zero-order valence-corrected chi connectivity index (χ0v) is 13.6. The average molecular weight is 289 g/mol. The molecule has 0 aliphatic carbocycles. The summed E-state index contributed by atoms with van der Waals surface area (Å²) in [6, 6.07) is 6.52. The first kappa shape index (κ1) is 15.8. The van der Waals surface area contributed by atoms with Crippen molar-refractivity contribution in [3.05, 3.63) is 29.3 Å². The summed E-state index contributed by atoms with van der Waals surface area (Å²) in [7, 11) is 4.05. The number of hydrogen-bond acceptors (Lipinski definition) is 3. The van der Waals surface area contributed by atoms with Gasteiger partial charge >= 0.3 is 0 Å². The maximum atomic E-state index is 12.8. The van der Waals surface area contributed by atoms with Crippen molar-refractivity contribution in [1.29, 1.82) is 0 Å². The van der Waals surface area contributed by atoms with E-state index in [4.69, 9.17) is 0 Å². The maximum absolute atomic E-state index is 12.8.